The van der Waals surface area contributed by atoms with E-state index in [0.29, 0.717) is 31.3 Å². The van der Waals surface area contributed by atoms with Crippen molar-refractivity contribution in [3.63, 3.8) is 0 Å². The van der Waals surface area contributed by atoms with Crippen LogP contribution in [0.15, 0.2) is 6.07 Å². The summed E-state index contributed by atoms with van der Waals surface area (Å²) in [5, 5.41) is 0. The molecule has 1 aromatic rings. The maximum Gasteiger partial charge on any atom is 0.416 e. The van der Waals surface area contributed by atoms with Gasteiger partial charge in [-0.05, 0) is 48.0 Å². The first-order valence-corrected chi connectivity index (χ1v) is 9.27. The molecule has 1 atom stereocenters. The van der Waals surface area contributed by atoms with E-state index in [2.05, 4.69) is 9.97 Å². The fourth-order valence-corrected chi connectivity index (χ4v) is 3.41. The highest BCUT2D eigenvalue weighted by Gasteiger charge is 2.42. The number of carbonyl (C=O) groups excluding carboxylic acids is 2. The molecule has 27 heavy (non-hydrogen) atoms. The van der Waals surface area contributed by atoms with Crippen LogP contribution in [-0.4, -0.2) is 57.9 Å². The molecule has 8 nitrogen and oxygen atoms in total. The Labute approximate surface area is 159 Å². The molecule has 0 spiro atoms. The van der Waals surface area contributed by atoms with Gasteiger partial charge in [0.05, 0.1) is 11.2 Å². The fraction of sp³-hybridized carbons (Fsp3) is 0.684. The van der Waals surface area contributed by atoms with Crippen molar-refractivity contribution < 1.29 is 19.1 Å². The van der Waals surface area contributed by atoms with Crippen LogP contribution in [0, 0.1) is 6.92 Å². The zero-order valence-corrected chi connectivity index (χ0v) is 16.9. The summed E-state index contributed by atoms with van der Waals surface area (Å²) in [4.78, 5) is 36.8. The van der Waals surface area contributed by atoms with Crippen LogP contribution in [0.5, 0.6) is 0 Å². The summed E-state index contributed by atoms with van der Waals surface area (Å²) in [6.07, 6.45) is 0.0919. The minimum absolute atomic E-state index is 0.0831. The number of cyclic esters (lactones) is 1. The average Bonchev–Trinajstić information content (AvgIpc) is 3.10. The topological polar surface area (TPSA) is 84.9 Å². The van der Waals surface area contributed by atoms with Crippen molar-refractivity contribution in [3.8, 4) is 0 Å². The van der Waals surface area contributed by atoms with Crippen molar-refractivity contribution in [2.24, 2.45) is 0 Å². The monoisotopic (exact) mass is 376 g/mol. The smallest absolute Gasteiger partial charge is 0.416 e. The van der Waals surface area contributed by atoms with E-state index in [4.69, 9.17) is 9.47 Å². The molecule has 0 aromatic carbocycles. The fourth-order valence-electron chi connectivity index (χ4n) is 3.41. The number of anilines is 1. The lowest BCUT2D eigenvalue weighted by Gasteiger charge is -2.27. The Morgan fingerprint density at radius 3 is 2.63 bits per heavy atom. The number of nitrogens with zero attached hydrogens (tertiary/aromatic N) is 4. The van der Waals surface area contributed by atoms with Gasteiger partial charge in [-0.3, -0.25) is 4.90 Å². The quantitative estimate of drug-likeness (QED) is 0.788. The molecular weight excluding hydrogens is 348 g/mol. The van der Waals surface area contributed by atoms with Gasteiger partial charge < -0.3 is 14.4 Å². The number of carbonyl (C=O) groups is 2. The van der Waals surface area contributed by atoms with Crippen LogP contribution >= 0.6 is 0 Å². The van der Waals surface area contributed by atoms with E-state index in [1.165, 1.54) is 0 Å². The van der Waals surface area contributed by atoms with Gasteiger partial charge in [0.2, 0.25) is 0 Å². The van der Waals surface area contributed by atoms with Crippen molar-refractivity contribution in [1.82, 2.24) is 14.9 Å². The molecular formula is C19H28N4O4. The molecule has 0 N–H and O–H groups in total. The van der Waals surface area contributed by atoms with E-state index in [9.17, 15) is 9.59 Å². The van der Waals surface area contributed by atoms with Crippen molar-refractivity contribution in [3.05, 3.63) is 17.6 Å². The van der Waals surface area contributed by atoms with Crippen molar-refractivity contribution in [2.75, 3.05) is 24.6 Å². The maximum absolute atomic E-state index is 12.3. The summed E-state index contributed by atoms with van der Waals surface area (Å²) in [7, 11) is 0. The number of aromatic nitrogens is 2. The van der Waals surface area contributed by atoms with Crippen LogP contribution < -0.4 is 4.90 Å². The Morgan fingerprint density at radius 1 is 1.33 bits per heavy atom. The summed E-state index contributed by atoms with van der Waals surface area (Å²) in [5.74, 6) is 1.22. The normalized spacial score (nSPS) is 22.1. The number of amides is 2. The van der Waals surface area contributed by atoms with Gasteiger partial charge in [-0.25, -0.2) is 19.6 Å². The minimum Gasteiger partial charge on any atom is -0.447 e. The van der Waals surface area contributed by atoms with Gasteiger partial charge in [-0.2, -0.15) is 0 Å². The molecule has 0 radical (unpaired) electrons. The van der Waals surface area contributed by atoms with Crippen molar-refractivity contribution >= 4 is 18.0 Å². The minimum atomic E-state index is -0.518. The highest BCUT2D eigenvalue weighted by Crippen LogP contribution is 2.33. The van der Waals surface area contributed by atoms with E-state index in [1.807, 2.05) is 47.6 Å². The standard InChI is InChI=1S/C19H28N4O4/c1-12-20-14(9-15(21-12)23-17(25)26-11-19(23,5)6)13-7-8-22(10-13)16(24)27-18(2,3)4/h9,13H,7-8,10-11H2,1-6H3/t13-/m1/s1. The summed E-state index contributed by atoms with van der Waals surface area (Å²) < 4.78 is 10.7. The maximum atomic E-state index is 12.3. The predicted molar refractivity (Wildman–Crippen MR) is 99.8 cm³/mol. The number of likely N-dealkylation sites (tertiary alicyclic amines) is 1. The van der Waals surface area contributed by atoms with Crippen LogP contribution in [0.1, 0.15) is 58.5 Å². The Balaban J connectivity index is 1.80. The van der Waals surface area contributed by atoms with E-state index in [-0.39, 0.29) is 12.0 Å². The van der Waals surface area contributed by atoms with Gasteiger partial charge >= 0.3 is 12.2 Å². The molecule has 1 aromatic heterocycles. The number of aryl methyl sites for hydroxylation is 1. The zero-order chi connectivity index (χ0) is 20.0. The van der Waals surface area contributed by atoms with Crippen molar-refractivity contribution in [2.45, 2.75) is 65.0 Å². The van der Waals surface area contributed by atoms with Gasteiger partial charge in [0, 0.05) is 25.1 Å². The van der Waals surface area contributed by atoms with Gasteiger partial charge in [-0.1, -0.05) is 0 Å². The molecule has 3 rings (SSSR count). The molecule has 2 aliphatic rings. The summed E-state index contributed by atoms with van der Waals surface area (Å²) in [6, 6.07) is 1.84. The third-order valence-electron chi connectivity index (χ3n) is 4.67. The van der Waals surface area contributed by atoms with Crippen LogP contribution in [0.2, 0.25) is 0 Å². The lowest BCUT2D eigenvalue weighted by molar-refractivity contribution is 0.0292. The first kappa shape index (κ1) is 19.4. The highest BCUT2D eigenvalue weighted by molar-refractivity contribution is 5.90. The molecule has 2 fully saturated rings. The van der Waals surface area contributed by atoms with E-state index < -0.39 is 17.2 Å². The van der Waals surface area contributed by atoms with Crippen LogP contribution in [0.4, 0.5) is 15.4 Å². The molecule has 3 heterocycles. The molecule has 2 amide bonds. The molecule has 148 valence electrons. The second-order valence-electron chi connectivity index (χ2n) is 8.81. The largest absolute Gasteiger partial charge is 0.447 e. The Kier molecular flexibility index (Phi) is 4.78. The zero-order valence-electron chi connectivity index (χ0n) is 16.9. The van der Waals surface area contributed by atoms with Gasteiger partial charge in [0.15, 0.2) is 0 Å². The third kappa shape index (κ3) is 4.14. The molecule has 0 bridgehead atoms. The van der Waals surface area contributed by atoms with E-state index >= 15 is 0 Å². The summed E-state index contributed by atoms with van der Waals surface area (Å²) in [6.45, 7) is 12.7. The van der Waals surface area contributed by atoms with E-state index in [0.717, 1.165) is 12.1 Å². The lowest BCUT2D eigenvalue weighted by atomic mass is 10.0. The van der Waals surface area contributed by atoms with Crippen LogP contribution in [0.25, 0.3) is 0 Å². The third-order valence-corrected chi connectivity index (χ3v) is 4.67. The average molecular weight is 376 g/mol. The second-order valence-corrected chi connectivity index (χ2v) is 8.81. The molecule has 2 saturated heterocycles. The van der Waals surface area contributed by atoms with Crippen molar-refractivity contribution in [1.29, 1.82) is 0 Å². The Bertz CT molecular complexity index is 757. The molecule has 0 saturated carbocycles. The van der Waals surface area contributed by atoms with Crippen LogP contribution in [-0.2, 0) is 9.47 Å². The second kappa shape index (κ2) is 6.65. The molecule has 0 unspecified atom stereocenters. The highest BCUT2D eigenvalue weighted by atomic mass is 16.6. The first-order valence-electron chi connectivity index (χ1n) is 9.27. The number of rotatable bonds is 2. The molecule has 8 heteroatoms. The molecule has 0 aliphatic carbocycles. The number of hydrogen-bond acceptors (Lipinski definition) is 6. The summed E-state index contributed by atoms with van der Waals surface area (Å²) in [5.41, 5.74) is -0.151. The summed E-state index contributed by atoms with van der Waals surface area (Å²) >= 11 is 0. The van der Waals surface area contributed by atoms with E-state index in [1.54, 1.807) is 9.80 Å². The molecule has 2 aliphatic heterocycles. The number of hydrogen-bond donors (Lipinski definition) is 0. The Hall–Kier alpha value is -2.38. The van der Waals surface area contributed by atoms with Gasteiger partial charge in [0.25, 0.3) is 0 Å². The predicted octanol–water partition coefficient (Wildman–Crippen LogP) is 3.24. The van der Waals surface area contributed by atoms with Gasteiger partial charge in [0.1, 0.15) is 23.9 Å². The lowest BCUT2D eigenvalue weighted by Crippen LogP contribution is -2.42. The van der Waals surface area contributed by atoms with Gasteiger partial charge in [-0.15, -0.1) is 0 Å². The number of ether oxygens (including phenoxy) is 2. The first-order chi connectivity index (χ1) is 12.5. The van der Waals surface area contributed by atoms with Crippen LogP contribution in [0.3, 0.4) is 0 Å². The SMILES string of the molecule is Cc1nc([C@@H]2CCN(C(=O)OC(C)(C)C)C2)cc(N2C(=O)OCC2(C)C)n1. The Morgan fingerprint density at radius 2 is 2.04 bits per heavy atom.